The van der Waals surface area contributed by atoms with Gasteiger partial charge in [0.2, 0.25) is 0 Å². The Kier molecular flexibility index (Phi) is 8.82. The molecule has 10 nitrogen and oxygen atoms in total. The molecule has 4 aromatic carbocycles. The molecule has 1 amide bonds. The van der Waals surface area contributed by atoms with Crippen LogP contribution in [0, 0.1) is 16.0 Å². The van der Waals surface area contributed by atoms with Crippen LogP contribution in [0.3, 0.4) is 0 Å². The highest BCUT2D eigenvalue weighted by molar-refractivity contribution is 7.93. The molecule has 0 aliphatic rings. The number of nitro groups is 1. The van der Waals surface area contributed by atoms with Crippen LogP contribution in [0.4, 0.5) is 11.4 Å². The number of nitro benzene ring substituents is 1. The Balaban J connectivity index is 1.70. The molecule has 5 aromatic rings. The van der Waals surface area contributed by atoms with Gasteiger partial charge in [0.05, 0.1) is 22.1 Å². The second-order valence-electron chi connectivity index (χ2n) is 10.7. The third-order valence-electron chi connectivity index (χ3n) is 7.04. The highest BCUT2D eigenvalue weighted by Crippen LogP contribution is 2.38. The minimum atomic E-state index is -4.53. The first-order chi connectivity index (χ1) is 21.5. The Hall–Kier alpha value is -5.29. The molecule has 0 aliphatic heterocycles. The minimum Gasteiger partial charge on any atom is -0.462 e. The van der Waals surface area contributed by atoms with E-state index in [1.165, 1.54) is 42.5 Å². The van der Waals surface area contributed by atoms with Crippen molar-refractivity contribution in [2.24, 2.45) is 5.92 Å². The molecular weight excluding hydrogens is 596 g/mol. The molecule has 5 rings (SSSR count). The van der Waals surface area contributed by atoms with E-state index in [0.29, 0.717) is 15.8 Å². The lowest BCUT2D eigenvalue weighted by atomic mass is 10.0. The fourth-order valence-corrected chi connectivity index (χ4v) is 6.40. The van der Waals surface area contributed by atoms with Gasteiger partial charge in [0, 0.05) is 28.6 Å². The highest BCUT2D eigenvalue weighted by Gasteiger charge is 2.34. The number of hydrogen-bond donors (Lipinski definition) is 0. The zero-order valence-electron chi connectivity index (χ0n) is 24.8. The number of rotatable bonds is 10. The topological polar surface area (TPSA) is 137 Å². The number of benzene rings is 4. The van der Waals surface area contributed by atoms with Crippen LogP contribution >= 0.6 is 0 Å². The molecular formula is C34H30N2O8S. The van der Waals surface area contributed by atoms with E-state index in [0.717, 1.165) is 24.1 Å². The van der Waals surface area contributed by atoms with Gasteiger partial charge in [-0.15, -0.1) is 0 Å². The van der Waals surface area contributed by atoms with Gasteiger partial charge < -0.3 is 9.15 Å². The monoisotopic (exact) mass is 626 g/mol. The number of esters is 1. The summed E-state index contributed by atoms with van der Waals surface area (Å²) >= 11 is 0. The Bertz CT molecular complexity index is 1980. The summed E-state index contributed by atoms with van der Waals surface area (Å²) in [6.45, 7) is 5.85. The van der Waals surface area contributed by atoms with Crippen molar-refractivity contribution in [1.82, 2.24) is 0 Å². The second kappa shape index (κ2) is 12.7. The number of carbonyl (C=O) groups excluding carboxylic acids is 2. The first-order valence-electron chi connectivity index (χ1n) is 14.2. The van der Waals surface area contributed by atoms with Crippen molar-refractivity contribution in [1.29, 1.82) is 0 Å². The lowest BCUT2D eigenvalue weighted by Gasteiger charge is -2.23. The van der Waals surface area contributed by atoms with Crippen LogP contribution < -0.4 is 4.31 Å². The predicted octanol–water partition coefficient (Wildman–Crippen LogP) is 7.42. The number of furan rings is 1. The lowest BCUT2D eigenvalue weighted by Crippen LogP contribution is -2.37. The largest absolute Gasteiger partial charge is 0.462 e. The third-order valence-corrected chi connectivity index (χ3v) is 8.76. The summed E-state index contributed by atoms with van der Waals surface area (Å²) in [5.41, 5.74) is 1.48. The summed E-state index contributed by atoms with van der Waals surface area (Å²) in [7, 11) is -4.53. The van der Waals surface area contributed by atoms with Crippen LogP contribution in [0.5, 0.6) is 0 Å². The third kappa shape index (κ3) is 6.34. The first kappa shape index (κ1) is 31.1. The Morgan fingerprint density at radius 1 is 0.933 bits per heavy atom. The number of carbonyl (C=O) groups is 2. The summed E-state index contributed by atoms with van der Waals surface area (Å²) in [6, 6.07) is 24.1. The van der Waals surface area contributed by atoms with Gasteiger partial charge in [-0.25, -0.2) is 13.2 Å². The molecule has 0 saturated carbocycles. The SMILES string of the molecule is CCOC(=O)c1c(-c2ccccc2)oc2ccc(N(C(=O)c3ccc([N+](=O)[O-])cc3)S(=O)(=O)c3ccc(CC(C)C)cc3)cc12. The van der Waals surface area contributed by atoms with Gasteiger partial charge in [-0.05, 0) is 67.3 Å². The van der Waals surface area contributed by atoms with E-state index < -0.39 is 26.8 Å². The lowest BCUT2D eigenvalue weighted by molar-refractivity contribution is -0.384. The fourth-order valence-electron chi connectivity index (χ4n) is 4.99. The van der Waals surface area contributed by atoms with E-state index in [-0.39, 0.29) is 50.7 Å². The number of nitrogens with zero attached hydrogens (tertiary/aromatic N) is 2. The van der Waals surface area contributed by atoms with Crippen LogP contribution in [0.1, 0.15) is 47.1 Å². The summed E-state index contributed by atoms with van der Waals surface area (Å²) in [5, 5.41) is 11.5. The van der Waals surface area contributed by atoms with Crippen LogP contribution in [0.25, 0.3) is 22.3 Å². The number of non-ortho nitro benzene ring substituents is 1. The van der Waals surface area contributed by atoms with Crippen LogP contribution in [-0.2, 0) is 21.2 Å². The number of fused-ring (bicyclic) bond motifs is 1. The Morgan fingerprint density at radius 3 is 2.20 bits per heavy atom. The van der Waals surface area contributed by atoms with E-state index in [1.807, 2.05) is 6.07 Å². The van der Waals surface area contributed by atoms with Gasteiger partial charge in [-0.1, -0.05) is 56.3 Å². The molecule has 230 valence electrons. The number of hydrogen-bond acceptors (Lipinski definition) is 8. The zero-order valence-corrected chi connectivity index (χ0v) is 25.6. The van der Waals surface area contributed by atoms with Crippen molar-refractivity contribution in [2.45, 2.75) is 32.1 Å². The summed E-state index contributed by atoms with van der Waals surface area (Å²) in [4.78, 5) is 37.7. The molecule has 11 heteroatoms. The van der Waals surface area contributed by atoms with Crippen LogP contribution in [-0.4, -0.2) is 31.8 Å². The summed E-state index contributed by atoms with van der Waals surface area (Å²) in [5.74, 6) is -1.04. The Labute approximate surface area is 260 Å². The molecule has 0 fully saturated rings. The average Bonchev–Trinajstić information content (AvgIpc) is 3.41. The van der Waals surface area contributed by atoms with Gasteiger partial charge in [0.25, 0.3) is 21.6 Å². The van der Waals surface area contributed by atoms with E-state index in [2.05, 4.69) is 13.8 Å². The maximum atomic E-state index is 14.2. The van der Waals surface area contributed by atoms with E-state index in [4.69, 9.17) is 9.15 Å². The molecule has 0 unspecified atom stereocenters. The van der Waals surface area contributed by atoms with E-state index in [9.17, 15) is 28.1 Å². The maximum absolute atomic E-state index is 14.2. The molecule has 0 bridgehead atoms. The molecule has 45 heavy (non-hydrogen) atoms. The Morgan fingerprint density at radius 2 is 1.60 bits per heavy atom. The average molecular weight is 627 g/mol. The second-order valence-corrected chi connectivity index (χ2v) is 12.5. The molecule has 0 atom stereocenters. The number of anilines is 1. The van der Waals surface area contributed by atoms with Crippen molar-refractivity contribution in [3.8, 4) is 11.3 Å². The normalized spacial score (nSPS) is 11.5. The fraction of sp³-hybridized carbons (Fsp3) is 0.176. The van der Waals surface area contributed by atoms with Crippen molar-refractivity contribution in [3.05, 3.63) is 124 Å². The van der Waals surface area contributed by atoms with E-state index in [1.54, 1.807) is 43.3 Å². The van der Waals surface area contributed by atoms with Gasteiger partial charge >= 0.3 is 5.97 Å². The molecule has 0 saturated heterocycles. The summed E-state index contributed by atoms with van der Waals surface area (Å²) in [6.07, 6.45) is 0.739. The van der Waals surface area contributed by atoms with Gasteiger partial charge in [-0.3, -0.25) is 14.9 Å². The molecule has 0 aliphatic carbocycles. The van der Waals surface area contributed by atoms with Gasteiger partial charge in [0.1, 0.15) is 16.9 Å². The van der Waals surface area contributed by atoms with Gasteiger partial charge in [-0.2, -0.15) is 4.31 Å². The predicted molar refractivity (Wildman–Crippen MR) is 170 cm³/mol. The molecule has 1 aromatic heterocycles. The number of ether oxygens (including phenoxy) is 1. The molecule has 0 N–H and O–H groups in total. The van der Waals surface area contributed by atoms with Crippen LogP contribution in [0.2, 0.25) is 0 Å². The van der Waals surface area contributed by atoms with Crippen LogP contribution in [0.15, 0.2) is 106 Å². The number of sulfonamides is 1. The van der Waals surface area contributed by atoms with Crippen molar-refractivity contribution >= 4 is 44.2 Å². The summed E-state index contributed by atoms with van der Waals surface area (Å²) < 4.78 is 40.5. The minimum absolute atomic E-state index is 0.0666. The van der Waals surface area contributed by atoms with Crippen molar-refractivity contribution in [3.63, 3.8) is 0 Å². The smallest absolute Gasteiger partial charge is 0.342 e. The van der Waals surface area contributed by atoms with Crippen molar-refractivity contribution < 1.29 is 32.1 Å². The zero-order chi connectivity index (χ0) is 32.3. The van der Waals surface area contributed by atoms with Crippen molar-refractivity contribution in [2.75, 3.05) is 10.9 Å². The standard InChI is InChI=1S/C34H30N2O8S/c1-4-43-34(38)31-29-21-27(16-19-30(29)44-32(31)24-8-6-5-7-9-24)35(33(37)25-12-14-26(15-13-25)36(39)40)45(41,42)28-17-10-23(11-18-28)20-22(2)3/h5-19,21-22H,4,20H2,1-3H3. The van der Waals surface area contributed by atoms with Gasteiger partial charge in [0.15, 0.2) is 0 Å². The molecule has 0 radical (unpaired) electrons. The quantitative estimate of drug-likeness (QED) is 0.0887. The highest BCUT2D eigenvalue weighted by atomic mass is 32.2. The molecule has 0 spiro atoms. The maximum Gasteiger partial charge on any atom is 0.342 e. The first-order valence-corrected chi connectivity index (χ1v) is 15.7. The molecule has 1 heterocycles. The number of amides is 1. The van der Waals surface area contributed by atoms with E-state index >= 15 is 0 Å².